The molecule has 0 bridgehead atoms. The van der Waals surface area contributed by atoms with Crippen LogP contribution in [0.5, 0.6) is 0 Å². The molecule has 0 aromatic heterocycles. The molecule has 0 heterocycles. The average Bonchev–Trinajstić information content (AvgIpc) is 2.18. The Morgan fingerprint density at radius 3 is 2.20 bits per heavy atom. The Kier molecular flexibility index (Phi) is 2.40. The van der Waals surface area contributed by atoms with Crippen LogP contribution in [0.2, 0.25) is 0 Å². The second kappa shape index (κ2) is 3.59. The molecule has 1 atom stereocenters. The van der Waals surface area contributed by atoms with Crippen molar-refractivity contribution in [2.45, 2.75) is 12.5 Å². The maximum Gasteiger partial charge on any atom is 0.102 e. The SMILES string of the molecule is CN(C)c1ccc(C2=C(O)CC2O)cc1. The van der Waals surface area contributed by atoms with Gasteiger partial charge < -0.3 is 15.1 Å². The molecule has 80 valence electrons. The van der Waals surface area contributed by atoms with E-state index in [-0.39, 0.29) is 0 Å². The van der Waals surface area contributed by atoms with Gasteiger partial charge >= 0.3 is 0 Å². The highest BCUT2D eigenvalue weighted by molar-refractivity contribution is 5.76. The molecule has 1 aromatic carbocycles. The normalized spacial score (nSPS) is 20.1. The first kappa shape index (κ1) is 10.1. The van der Waals surface area contributed by atoms with Crippen molar-refractivity contribution in [2.75, 3.05) is 19.0 Å². The molecule has 3 nitrogen and oxygen atoms in total. The van der Waals surface area contributed by atoms with E-state index in [9.17, 15) is 10.2 Å². The van der Waals surface area contributed by atoms with E-state index in [0.717, 1.165) is 11.3 Å². The summed E-state index contributed by atoms with van der Waals surface area (Å²) in [5.74, 6) is 0.306. The molecule has 0 radical (unpaired) electrons. The van der Waals surface area contributed by atoms with Crippen molar-refractivity contribution in [3.63, 3.8) is 0 Å². The molecule has 1 unspecified atom stereocenters. The highest BCUT2D eigenvalue weighted by atomic mass is 16.3. The van der Waals surface area contributed by atoms with Crippen molar-refractivity contribution in [2.24, 2.45) is 0 Å². The monoisotopic (exact) mass is 205 g/mol. The van der Waals surface area contributed by atoms with Crippen molar-refractivity contribution in [1.82, 2.24) is 0 Å². The van der Waals surface area contributed by atoms with Gasteiger partial charge in [-0.15, -0.1) is 0 Å². The first-order chi connectivity index (χ1) is 7.09. The van der Waals surface area contributed by atoms with Crippen LogP contribution in [0.25, 0.3) is 5.57 Å². The first-order valence-electron chi connectivity index (χ1n) is 4.97. The predicted molar refractivity (Wildman–Crippen MR) is 60.9 cm³/mol. The van der Waals surface area contributed by atoms with Gasteiger partial charge in [-0.3, -0.25) is 0 Å². The predicted octanol–water partition coefficient (Wildman–Crippen LogP) is 1.79. The van der Waals surface area contributed by atoms with Crippen LogP contribution < -0.4 is 4.90 Å². The van der Waals surface area contributed by atoms with Crippen LogP contribution in [-0.2, 0) is 0 Å². The van der Waals surface area contributed by atoms with E-state index < -0.39 is 6.10 Å². The third-order valence-corrected chi connectivity index (χ3v) is 2.73. The fourth-order valence-corrected chi connectivity index (χ4v) is 1.75. The molecule has 0 amide bonds. The lowest BCUT2D eigenvalue weighted by Crippen LogP contribution is -2.22. The zero-order valence-electron chi connectivity index (χ0n) is 8.94. The van der Waals surface area contributed by atoms with E-state index in [1.54, 1.807) is 0 Å². The average molecular weight is 205 g/mol. The van der Waals surface area contributed by atoms with Crippen molar-refractivity contribution in [3.05, 3.63) is 35.6 Å². The summed E-state index contributed by atoms with van der Waals surface area (Å²) in [6, 6.07) is 7.79. The van der Waals surface area contributed by atoms with E-state index in [1.165, 1.54) is 0 Å². The molecule has 1 aliphatic rings. The van der Waals surface area contributed by atoms with Crippen LogP contribution >= 0.6 is 0 Å². The molecule has 0 fully saturated rings. The Hall–Kier alpha value is -1.48. The molecule has 0 aliphatic heterocycles. The number of hydrogen-bond donors (Lipinski definition) is 2. The van der Waals surface area contributed by atoms with Gasteiger partial charge in [0.1, 0.15) is 5.76 Å². The number of anilines is 1. The fourth-order valence-electron chi connectivity index (χ4n) is 1.75. The molecule has 1 aliphatic carbocycles. The van der Waals surface area contributed by atoms with Gasteiger partial charge in [0, 0.05) is 31.8 Å². The molecule has 0 spiro atoms. The van der Waals surface area contributed by atoms with Crippen molar-refractivity contribution in [1.29, 1.82) is 0 Å². The van der Waals surface area contributed by atoms with Crippen LogP contribution in [0.4, 0.5) is 5.69 Å². The number of aliphatic hydroxyl groups excluding tert-OH is 2. The van der Waals surface area contributed by atoms with Crippen LogP contribution in [0.1, 0.15) is 12.0 Å². The highest BCUT2D eigenvalue weighted by Crippen LogP contribution is 2.35. The van der Waals surface area contributed by atoms with Gasteiger partial charge in [-0.2, -0.15) is 0 Å². The first-order valence-corrected chi connectivity index (χ1v) is 4.97. The van der Waals surface area contributed by atoms with Gasteiger partial charge in [-0.1, -0.05) is 12.1 Å². The summed E-state index contributed by atoms with van der Waals surface area (Å²) >= 11 is 0. The van der Waals surface area contributed by atoms with Crippen molar-refractivity contribution < 1.29 is 10.2 Å². The zero-order chi connectivity index (χ0) is 11.0. The molecule has 2 N–H and O–H groups in total. The smallest absolute Gasteiger partial charge is 0.102 e. The van der Waals surface area contributed by atoms with E-state index in [2.05, 4.69) is 0 Å². The minimum Gasteiger partial charge on any atom is -0.512 e. The molecule has 0 saturated carbocycles. The summed E-state index contributed by atoms with van der Waals surface area (Å²) in [7, 11) is 3.95. The van der Waals surface area contributed by atoms with E-state index in [4.69, 9.17) is 0 Å². The summed E-state index contributed by atoms with van der Waals surface area (Å²) in [5.41, 5.74) is 2.67. The Bertz CT molecular complexity index is 393. The van der Waals surface area contributed by atoms with Crippen LogP contribution in [0, 0.1) is 0 Å². The summed E-state index contributed by atoms with van der Waals surface area (Å²) in [4.78, 5) is 2.01. The van der Waals surface area contributed by atoms with E-state index >= 15 is 0 Å². The third kappa shape index (κ3) is 1.70. The number of hydrogen-bond acceptors (Lipinski definition) is 3. The Balaban J connectivity index is 2.29. The van der Waals surface area contributed by atoms with Crippen LogP contribution in [0.15, 0.2) is 30.0 Å². The van der Waals surface area contributed by atoms with Gasteiger partial charge in [0.2, 0.25) is 0 Å². The largest absolute Gasteiger partial charge is 0.512 e. The molecular formula is C12H15NO2. The lowest BCUT2D eigenvalue weighted by Gasteiger charge is -2.26. The molecule has 2 rings (SSSR count). The lowest BCUT2D eigenvalue weighted by molar-refractivity contribution is 0.179. The van der Waals surface area contributed by atoms with Crippen LogP contribution in [0.3, 0.4) is 0 Å². The summed E-state index contributed by atoms with van der Waals surface area (Å²) in [6.45, 7) is 0. The second-order valence-corrected chi connectivity index (χ2v) is 4.02. The molecule has 15 heavy (non-hydrogen) atoms. The number of benzene rings is 1. The summed E-state index contributed by atoms with van der Waals surface area (Å²) in [5, 5.41) is 18.9. The van der Waals surface area contributed by atoms with Crippen molar-refractivity contribution in [3.8, 4) is 0 Å². The van der Waals surface area contributed by atoms with Crippen molar-refractivity contribution >= 4 is 11.3 Å². The number of rotatable bonds is 2. The fraction of sp³-hybridized carbons (Fsp3) is 0.333. The third-order valence-electron chi connectivity index (χ3n) is 2.73. The van der Waals surface area contributed by atoms with Crippen LogP contribution in [-0.4, -0.2) is 30.4 Å². The minimum absolute atomic E-state index is 0.306. The number of nitrogens with zero attached hydrogens (tertiary/aromatic N) is 1. The van der Waals surface area contributed by atoms with E-state index in [0.29, 0.717) is 17.8 Å². The molecule has 3 heteroatoms. The van der Waals surface area contributed by atoms with Gasteiger partial charge in [-0.25, -0.2) is 0 Å². The molecule has 1 aromatic rings. The minimum atomic E-state index is -0.504. The van der Waals surface area contributed by atoms with Gasteiger partial charge in [0.25, 0.3) is 0 Å². The lowest BCUT2D eigenvalue weighted by atomic mass is 9.87. The summed E-state index contributed by atoms with van der Waals surface area (Å²) in [6.07, 6.45) is -0.125. The Morgan fingerprint density at radius 2 is 1.80 bits per heavy atom. The number of aliphatic hydroxyl groups is 2. The highest BCUT2D eigenvalue weighted by Gasteiger charge is 2.28. The maximum atomic E-state index is 9.48. The second-order valence-electron chi connectivity index (χ2n) is 4.02. The van der Waals surface area contributed by atoms with Gasteiger partial charge in [0.15, 0.2) is 0 Å². The maximum absolute atomic E-state index is 9.48. The molecular weight excluding hydrogens is 190 g/mol. The van der Waals surface area contributed by atoms with Gasteiger partial charge in [0.05, 0.1) is 6.10 Å². The quantitative estimate of drug-likeness (QED) is 0.773. The van der Waals surface area contributed by atoms with E-state index in [1.807, 2.05) is 43.3 Å². The van der Waals surface area contributed by atoms with Gasteiger partial charge in [-0.05, 0) is 17.7 Å². The standard InChI is InChI=1S/C12H15NO2/c1-13(2)9-5-3-8(4-6-9)12-10(14)7-11(12)15/h3-6,10,14-15H,7H2,1-2H3. The molecule has 0 saturated heterocycles. The topological polar surface area (TPSA) is 43.7 Å². The zero-order valence-corrected chi connectivity index (χ0v) is 8.94. The Labute approximate surface area is 89.3 Å². The Morgan fingerprint density at radius 1 is 1.20 bits per heavy atom. The summed E-state index contributed by atoms with van der Waals surface area (Å²) < 4.78 is 0.